The molecular weight excluding hydrogens is 703 g/mol. The van der Waals surface area contributed by atoms with Crippen molar-refractivity contribution in [1.29, 1.82) is 0 Å². The summed E-state index contributed by atoms with van der Waals surface area (Å²) in [4.78, 5) is 2.38. The van der Waals surface area contributed by atoms with Crippen molar-refractivity contribution in [2.24, 2.45) is 0 Å². The molecule has 1 heterocycles. The molecule has 0 atom stereocenters. The van der Waals surface area contributed by atoms with Crippen LogP contribution in [0.2, 0.25) is 0 Å². The minimum absolute atomic E-state index is 0.886. The molecule has 0 fully saturated rings. The molecule has 11 rings (SSSR count). The summed E-state index contributed by atoms with van der Waals surface area (Å²) in [5.74, 6) is 0. The SMILES string of the molecule is c1ccc(-c2cccc(N(c3ccc(-c4ccc5ccccc5c4)cc3)c3ccc(-c4cccc5oc6cc7ccccc7cc6c45)c(-c4ccccc4)c3)c2)cc1. The summed E-state index contributed by atoms with van der Waals surface area (Å²) in [6.07, 6.45) is 0. The summed E-state index contributed by atoms with van der Waals surface area (Å²) >= 11 is 0. The van der Waals surface area contributed by atoms with E-state index >= 15 is 0 Å². The lowest BCUT2D eigenvalue weighted by Gasteiger charge is -2.27. The molecule has 0 N–H and O–H groups in total. The second kappa shape index (κ2) is 14.1. The molecule has 0 spiro atoms. The number of hydrogen-bond donors (Lipinski definition) is 0. The van der Waals surface area contributed by atoms with Crippen molar-refractivity contribution in [1.82, 2.24) is 0 Å². The normalized spacial score (nSPS) is 11.4. The molecule has 0 saturated carbocycles. The number of furan rings is 1. The number of hydrogen-bond acceptors (Lipinski definition) is 2. The highest BCUT2D eigenvalue weighted by molar-refractivity contribution is 6.16. The molecule has 0 radical (unpaired) electrons. The Hall–Kier alpha value is -7.68. The Morgan fingerprint density at radius 1 is 0.276 bits per heavy atom. The van der Waals surface area contributed by atoms with Crippen LogP contribution in [0.4, 0.5) is 17.1 Å². The van der Waals surface area contributed by atoms with Crippen LogP contribution in [0.1, 0.15) is 0 Å². The lowest BCUT2D eigenvalue weighted by molar-refractivity contribution is 0.669. The molecule has 0 unspecified atom stereocenters. The van der Waals surface area contributed by atoms with Gasteiger partial charge in [-0.3, -0.25) is 0 Å². The van der Waals surface area contributed by atoms with E-state index < -0.39 is 0 Å². The molecule has 0 saturated heterocycles. The third-order valence-corrected chi connectivity index (χ3v) is 11.4. The van der Waals surface area contributed by atoms with Gasteiger partial charge in [0.1, 0.15) is 11.2 Å². The van der Waals surface area contributed by atoms with Crippen LogP contribution >= 0.6 is 0 Å². The van der Waals surface area contributed by atoms with Crippen LogP contribution in [0.5, 0.6) is 0 Å². The monoisotopic (exact) mass is 739 g/mol. The van der Waals surface area contributed by atoms with Gasteiger partial charge in [-0.1, -0.05) is 164 Å². The van der Waals surface area contributed by atoms with Gasteiger partial charge in [0.05, 0.1) is 0 Å². The van der Waals surface area contributed by atoms with Gasteiger partial charge in [-0.2, -0.15) is 0 Å². The zero-order valence-electron chi connectivity index (χ0n) is 31.7. The number of anilines is 3. The van der Waals surface area contributed by atoms with Crippen molar-refractivity contribution in [2.75, 3.05) is 4.90 Å². The molecule has 2 nitrogen and oxygen atoms in total. The minimum atomic E-state index is 0.886. The van der Waals surface area contributed by atoms with Gasteiger partial charge in [-0.25, -0.2) is 0 Å². The van der Waals surface area contributed by atoms with Gasteiger partial charge in [0.25, 0.3) is 0 Å². The quantitative estimate of drug-likeness (QED) is 0.162. The molecule has 10 aromatic carbocycles. The van der Waals surface area contributed by atoms with Crippen molar-refractivity contribution in [3.05, 3.63) is 224 Å². The van der Waals surface area contributed by atoms with E-state index in [0.29, 0.717) is 0 Å². The maximum atomic E-state index is 6.55. The van der Waals surface area contributed by atoms with Gasteiger partial charge >= 0.3 is 0 Å². The summed E-state index contributed by atoms with van der Waals surface area (Å²) in [5, 5.41) is 7.11. The van der Waals surface area contributed by atoms with E-state index in [2.05, 4.69) is 229 Å². The Kier molecular flexibility index (Phi) is 8.19. The average molecular weight is 740 g/mol. The fraction of sp³-hybridized carbons (Fsp3) is 0. The highest BCUT2D eigenvalue weighted by Crippen LogP contribution is 2.45. The molecule has 272 valence electrons. The highest BCUT2D eigenvalue weighted by Gasteiger charge is 2.20. The fourth-order valence-electron chi connectivity index (χ4n) is 8.57. The first-order valence-electron chi connectivity index (χ1n) is 19.8. The molecule has 0 amide bonds. The maximum Gasteiger partial charge on any atom is 0.136 e. The number of fused-ring (bicyclic) bond motifs is 5. The predicted octanol–water partition coefficient (Wildman–Crippen LogP) is 16.0. The Morgan fingerprint density at radius 2 is 0.845 bits per heavy atom. The first-order chi connectivity index (χ1) is 28.7. The molecule has 1 aromatic heterocycles. The molecule has 0 aliphatic carbocycles. The summed E-state index contributed by atoms with van der Waals surface area (Å²) in [7, 11) is 0. The summed E-state index contributed by atoms with van der Waals surface area (Å²) in [6, 6.07) is 80.8. The second-order valence-electron chi connectivity index (χ2n) is 14.9. The second-order valence-corrected chi connectivity index (χ2v) is 14.9. The van der Waals surface area contributed by atoms with E-state index in [-0.39, 0.29) is 0 Å². The number of benzene rings is 10. The molecule has 58 heavy (non-hydrogen) atoms. The van der Waals surface area contributed by atoms with E-state index in [1.165, 1.54) is 43.8 Å². The van der Waals surface area contributed by atoms with Crippen LogP contribution in [0, 0.1) is 0 Å². The minimum Gasteiger partial charge on any atom is -0.456 e. The van der Waals surface area contributed by atoms with E-state index in [1.54, 1.807) is 0 Å². The van der Waals surface area contributed by atoms with Crippen LogP contribution in [0.25, 0.3) is 88.0 Å². The Morgan fingerprint density at radius 3 is 1.62 bits per heavy atom. The fourth-order valence-corrected chi connectivity index (χ4v) is 8.57. The smallest absolute Gasteiger partial charge is 0.136 e. The van der Waals surface area contributed by atoms with Gasteiger partial charge in [0, 0.05) is 27.8 Å². The maximum absolute atomic E-state index is 6.55. The molecule has 0 aliphatic rings. The van der Waals surface area contributed by atoms with Crippen LogP contribution in [0.3, 0.4) is 0 Å². The third kappa shape index (κ3) is 6.00. The average Bonchev–Trinajstić information content (AvgIpc) is 3.66. The summed E-state index contributed by atoms with van der Waals surface area (Å²) in [5.41, 5.74) is 14.4. The predicted molar refractivity (Wildman–Crippen MR) is 245 cm³/mol. The van der Waals surface area contributed by atoms with Gasteiger partial charge in [0.2, 0.25) is 0 Å². The van der Waals surface area contributed by atoms with Crippen molar-refractivity contribution < 1.29 is 4.42 Å². The Balaban J connectivity index is 1.10. The van der Waals surface area contributed by atoms with Crippen molar-refractivity contribution in [3.63, 3.8) is 0 Å². The van der Waals surface area contributed by atoms with Crippen LogP contribution < -0.4 is 4.90 Å². The summed E-state index contributed by atoms with van der Waals surface area (Å²) in [6.45, 7) is 0. The first-order valence-corrected chi connectivity index (χ1v) is 19.8. The summed E-state index contributed by atoms with van der Waals surface area (Å²) < 4.78 is 6.55. The van der Waals surface area contributed by atoms with Gasteiger partial charge in [0.15, 0.2) is 0 Å². The molecule has 11 aromatic rings. The van der Waals surface area contributed by atoms with Crippen LogP contribution in [-0.4, -0.2) is 0 Å². The number of rotatable bonds is 7. The zero-order valence-corrected chi connectivity index (χ0v) is 31.7. The molecule has 0 bridgehead atoms. The number of nitrogens with zero attached hydrogens (tertiary/aromatic N) is 1. The molecule has 0 aliphatic heterocycles. The highest BCUT2D eigenvalue weighted by atomic mass is 16.3. The van der Waals surface area contributed by atoms with Crippen molar-refractivity contribution in [3.8, 4) is 44.5 Å². The van der Waals surface area contributed by atoms with E-state index in [9.17, 15) is 0 Å². The van der Waals surface area contributed by atoms with Crippen molar-refractivity contribution in [2.45, 2.75) is 0 Å². The van der Waals surface area contributed by atoms with E-state index in [1.807, 2.05) is 0 Å². The van der Waals surface area contributed by atoms with Gasteiger partial charge < -0.3 is 9.32 Å². The topological polar surface area (TPSA) is 16.4 Å². The third-order valence-electron chi connectivity index (χ3n) is 11.4. The lowest BCUT2D eigenvalue weighted by atomic mass is 9.91. The Labute approximate surface area is 337 Å². The van der Waals surface area contributed by atoms with Crippen molar-refractivity contribution >= 4 is 60.5 Å². The Bertz CT molecular complexity index is 3270. The largest absolute Gasteiger partial charge is 0.456 e. The van der Waals surface area contributed by atoms with Gasteiger partial charge in [-0.15, -0.1) is 0 Å². The molecule has 2 heteroatoms. The van der Waals surface area contributed by atoms with E-state index in [0.717, 1.165) is 61.3 Å². The van der Waals surface area contributed by atoms with Crippen LogP contribution in [-0.2, 0) is 0 Å². The molecular formula is C56H37NO. The van der Waals surface area contributed by atoms with Crippen LogP contribution in [0.15, 0.2) is 229 Å². The van der Waals surface area contributed by atoms with E-state index in [4.69, 9.17) is 4.42 Å². The standard InChI is InChI=1S/C56H37NO/c1-3-13-38(14-4-1)43-21-11-22-48(34-43)57(47-29-27-40(28-30-47)46-26-25-39-15-7-8-18-42(39)33-46)49-31-32-50(52(37-49)41-16-5-2-6-17-41)51-23-12-24-54-56(51)53-35-44-19-9-10-20-45(44)36-55(53)58-54/h1-37H. The zero-order chi connectivity index (χ0) is 38.4. The van der Waals surface area contributed by atoms with Gasteiger partial charge in [-0.05, 0) is 127 Å². The lowest BCUT2D eigenvalue weighted by Crippen LogP contribution is -2.10. The first kappa shape index (κ1) is 33.6.